The maximum atomic E-state index is 13.3. The van der Waals surface area contributed by atoms with E-state index in [1.807, 2.05) is 0 Å². The number of nitrogens with zero attached hydrogens (tertiary/aromatic N) is 3. The van der Waals surface area contributed by atoms with Crippen molar-refractivity contribution in [3.05, 3.63) is 70.6 Å². The summed E-state index contributed by atoms with van der Waals surface area (Å²) in [5.41, 5.74) is 3.87. The molecule has 3 heterocycles. The van der Waals surface area contributed by atoms with E-state index in [0.29, 0.717) is 24.1 Å². The molecule has 0 spiro atoms. The van der Waals surface area contributed by atoms with Gasteiger partial charge in [0.2, 0.25) is 5.89 Å². The summed E-state index contributed by atoms with van der Waals surface area (Å²) < 4.78 is 11.0. The molecule has 0 atom stereocenters. The molecule has 0 aliphatic heterocycles. The molecular weight excluding hydrogens is 398 g/mol. The number of carbonyl (C=O) groups excluding carboxylic acids is 1. The van der Waals surface area contributed by atoms with Crippen molar-refractivity contribution >= 4 is 17.2 Å². The molecule has 0 saturated heterocycles. The monoisotopic (exact) mass is 419 g/mol. The van der Waals surface area contributed by atoms with Crippen molar-refractivity contribution in [2.24, 2.45) is 0 Å². The van der Waals surface area contributed by atoms with Gasteiger partial charge in [0.25, 0.3) is 11.8 Å². The lowest BCUT2D eigenvalue weighted by Gasteiger charge is -2.19. The fourth-order valence-corrected chi connectivity index (χ4v) is 5.07. The number of thiophene rings is 1. The van der Waals surface area contributed by atoms with Crippen LogP contribution < -0.4 is 0 Å². The van der Waals surface area contributed by atoms with Gasteiger partial charge in [-0.3, -0.25) is 4.79 Å². The van der Waals surface area contributed by atoms with Crippen LogP contribution in [-0.4, -0.2) is 27.5 Å². The van der Waals surface area contributed by atoms with Crippen molar-refractivity contribution in [3.8, 4) is 22.1 Å². The Balaban J connectivity index is 1.39. The molecule has 4 aromatic rings. The Labute approximate surface area is 178 Å². The molecule has 0 bridgehead atoms. The fourth-order valence-electron chi connectivity index (χ4n) is 3.84. The summed E-state index contributed by atoms with van der Waals surface area (Å²) in [5.74, 6) is 1.25. The molecule has 7 heteroatoms. The van der Waals surface area contributed by atoms with E-state index in [1.54, 1.807) is 34.6 Å². The minimum absolute atomic E-state index is 0.00600. The van der Waals surface area contributed by atoms with Gasteiger partial charge in [0.05, 0.1) is 17.7 Å². The van der Waals surface area contributed by atoms with Crippen molar-refractivity contribution in [2.45, 2.75) is 32.7 Å². The van der Waals surface area contributed by atoms with Crippen LogP contribution in [0.3, 0.4) is 0 Å². The third-order valence-electron chi connectivity index (χ3n) is 5.25. The number of hydrogen-bond donors (Lipinski definition) is 0. The Kier molecular flexibility index (Phi) is 4.96. The Morgan fingerprint density at radius 2 is 2.00 bits per heavy atom. The summed E-state index contributed by atoms with van der Waals surface area (Å²) in [6, 6.07) is 14.1. The summed E-state index contributed by atoms with van der Waals surface area (Å²) >= 11 is 1.58. The van der Waals surface area contributed by atoms with Crippen LogP contribution in [0.4, 0.5) is 0 Å². The van der Waals surface area contributed by atoms with Gasteiger partial charge in [-0.15, -0.1) is 21.5 Å². The van der Waals surface area contributed by atoms with Crippen molar-refractivity contribution < 1.29 is 13.6 Å². The normalized spacial score (nSPS) is 12.4. The first-order valence-electron chi connectivity index (χ1n) is 10.1. The van der Waals surface area contributed by atoms with Gasteiger partial charge in [0, 0.05) is 11.4 Å². The van der Waals surface area contributed by atoms with Gasteiger partial charge in [-0.25, -0.2) is 0 Å². The van der Waals surface area contributed by atoms with Crippen LogP contribution in [0.2, 0.25) is 0 Å². The summed E-state index contributed by atoms with van der Waals surface area (Å²) in [5, 5.41) is 8.13. The van der Waals surface area contributed by atoms with E-state index in [1.165, 1.54) is 21.6 Å². The minimum atomic E-state index is 0.00600. The van der Waals surface area contributed by atoms with Gasteiger partial charge in [-0.2, -0.15) is 0 Å². The molecule has 0 saturated carbocycles. The molecule has 1 aliphatic rings. The Bertz CT molecular complexity index is 1180. The predicted octanol–water partition coefficient (Wildman–Crippen LogP) is 5.21. The first-order chi connectivity index (χ1) is 14.7. The first kappa shape index (κ1) is 18.8. The average molecular weight is 420 g/mol. The van der Waals surface area contributed by atoms with E-state index in [9.17, 15) is 4.79 Å². The van der Waals surface area contributed by atoms with Crippen LogP contribution in [0.5, 0.6) is 0 Å². The average Bonchev–Trinajstić information content (AvgIpc) is 3.53. The Morgan fingerprint density at radius 3 is 2.83 bits per heavy atom. The van der Waals surface area contributed by atoms with E-state index >= 15 is 0 Å². The number of aryl methyl sites for hydroxylation is 2. The lowest BCUT2D eigenvalue weighted by Crippen LogP contribution is -2.30. The van der Waals surface area contributed by atoms with Gasteiger partial charge in [-0.05, 0) is 54.2 Å². The number of amides is 1. The van der Waals surface area contributed by atoms with E-state index in [0.717, 1.165) is 24.1 Å². The molecule has 0 unspecified atom stereocenters. The molecule has 1 amide bonds. The fraction of sp³-hybridized carbons (Fsp3) is 0.261. The number of fused-ring (bicyclic) bond motifs is 3. The molecular formula is C23H21N3O3S. The highest BCUT2D eigenvalue weighted by atomic mass is 32.1. The zero-order valence-corrected chi connectivity index (χ0v) is 17.4. The maximum absolute atomic E-state index is 13.3. The van der Waals surface area contributed by atoms with Crippen LogP contribution in [0.1, 0.15) is 40.0 Å². The van der Waals surface area contributed by atoms with Crippen LogP contribution in [0.15, 0.2) is 57.6 Å². The van der Waals surface area contributed by atoms with Gasteiger partial charge < -0.3 is 13.7 Å². The highest BCUT2D eigenvalue weighted by Crippen LogP contribution is 2.40. The highest BCUT2D eigenvalue weighted by molar-refractivity contribution is 7.17. The summed E-state index contributed by atoms with van der Waals surface area (Å²) in [6.07, 6.45) is 4.39. The summed E-state index contributed by atoms with van der Waals surface area (Å²) in [6.45, 7) is 2.95. The molecule has 0 radical (unpaired) electrons. The lowest BCUT2D eigenvalue weighted by atomic mass is 9.91. The smallest absolute Gasteiger partial charge is 0.283 e. The molecule has 1 aromatic carbocycles. The molecule has 30 heavy (non-hydrogen) atoms. The molecule has 3 aromatic heterocycles. The van der Waals surface area contributed by atoms with E-state index in [4.69, 9.17) is 8.83 Å². The minimum Gasteiger partial charge on any atom is -0.459 e. The zero-order valence-electron chi connectivity index (χ0n) is 16.6. The second kappa shape index (κ2) is 7.91. The SMILES string of the molecule is CCCN(Cc1nnc(-c2ccco2)o1)C(=O)c1cc2c(s1)-c1ccccc1CC2. The molecule has 5 rings (SSSR count). The van der Waals surface area contributed by atoms with Gasteiger partial charge in [-0.1, -0.05) is 31.2 Å². The van der Waals surface area contributed by atoms with Crippen LogP contribution in [-0.2, 0) is 19.4 Å². The second-order valence-corrected chi connectivity index (χ2v) is 8.38. The number of carbonyl (C=O) groups is 1. The number of furan rings is 1. The topological polar surface area (TPSA) is 72.4 Å². The Morgan fingerprint density at radius 1 is 1.13 bits per heavy atom. The Hall–Kier alpha value is -3.19. The highest BCUT2D eigenvalue weighted by Gasteiger charge is 2.25. The molecule has 0 fully saturated rings. The van der Waals surface area contributed by atoms with E-state index in [2.05, 4.69) is 47.5 Å². The van der Waals surface area contributed by atoms with Crippen LogP contribution in [0.25, 0.3) is 22.1 Å². The number of benzene rings is 1. The van der Waals surface area contributed by atoms with Crippen molar-refractivity contribution in [1.82, 2.24) is 15.1 Å². The standard InChI is InChI=1S/C23H21N3O3S/c1-2-11-26(14-20-24-25-22(29-20)18-8-5-12-28-18)23(27)19-13-16-10-9-15-6-3-4-7-17(15)21(16)30-19/h3-8,12-13H,2,9-11,14H2,1H3. The van der Waals surface area contributed by atoms with Gasteiger partial charge in [0.1, 0.15) is 0 Å². The second-order valence-electron chi connectivity index (χ2n) is 7.33. The molecule has 1 aliphatic carbocycles. The summed E-state index contributed by atoms with van der Waals surface area (Å²) in [4.78, 5) is 17.1. The molecule has 6 nitrogen and oxygen atoms in total. The predicted molar refractivity (Wildman–Crippen MR) is 114 cm³/mol. The lowest BCUT2D eigenvalue weighted by molar-refractivity contribution is 0.0733. The first-order valence-corrected chi connectivity index (χ1v) is 10.9. The number of hydrogen-bond acceptors (Lipinski definition) is 6. The van der Waals surface area contributed by atoms with Crippen LogP contribution in [0, 0.1) is 0 Å². The number of rotatable bonds is 6. The summed E-state index contributed by atoms with van der Waals surface area (Å²) in [7, 11) is 0. The van der Waals surface area contributed by atoms with E-state index in [-0.39, 0.29) is 12.5 Å². The largest absolute Gasteiger partial charge is 0.459 e. The molecule has 0 N–H and O–H groups in total. The van der Waals surface area contributed by atoms with Gasteiger partial charge in [0.15, 0.2) is 5.76 Å². The van der Waals surface area contributed by atoms with Crippen molar-refractivity contribution in [2.75, 3.05) is 6.54 Å². The van der Waals surface area contributed by atoms with Crippen LogP contribution >= 0.6 is 11.3 Å². The number of aromatic nitrogens is 2. The molecule has 152 valence electrons. The quantitative estimate of drug-likeness (QED) is 0.429. The third kappa shape index (κ3) is 3.45. The van der Waals surface area contributed by atoms with Crippen molar-refractivity contribution in [3.63, 3.8) is 0 Å². The van der Waals surface area contributed by atoms with Crippen molar-refractivity contribution in [1.29, 1.82) is 0 Å². The van der Waals surface area contributed by atoms with E-state index < -0.39 is 0 Å². The maximum Gasteiger partial charge on any atom is 0.283 e. The zero-order chi connectivity index (χ0) is 20.5. The van der Waals surface area contributed by atoms with Gasteiger partial charge >= 0.3 is 0 Å². The third-order valence-corrected chi connectivity index (χ3v) is 6.45.